The molecule has 2 heterocycles. The van der Waals surface area contributed by atoms with Crippen LogP contribution in [-0.4, -0.2) is 31.4 Å². The number of aryl methyl sites for hydroxylation is 3. The number of imidazole rings is 1. The molecule has 0 aromatic carbocycles. The molecule has 0 spiro atoms. The third-order valence-electron chi connectivity index (χ3n) is 2.76. The van der Waals surface area contributed by atoms with E-state index in [-0.39, 0.29) is 5.75 Å². The maximum Gasteiger partial charge on any atom is 0.313 e. The standard InChI is InChI=1S/C13H15N3O2S/c1-8-4-5-14-10(3)12(8)16-9(2)6-15-13(16)19-7-11(17)18/h4-6H,7H2,1-3H3,(H,17,18). The van der Waals surface area contributed by atoms with E-state index < -0.39 is 5.97 Å². The summed E-state index contributed by atoms with van der Waals surface area (Å²) in [7, 11) is 0. The normalized spacial score (nSPS) is 10.7. The van der Waals surface area contributed by atoms with Crippen LogP contribution in [0.3, 0.4) is 0 Å². The predicted molar refractivity (Wildman–Crippen MR) is 73.9 cm³/mol. The average Bonchev–Trinajstić information content (AvgIpc) is 2.69. The summed E-state index contributed by atoms with van der Waals surface area (Å²) in [6.07, 6.45) is 3.51. The first-order valence-electron chi connectivity index (χ1n) is 5.82. The van der Waals surface area contributed by atoms with Crippen molar-refractivity contribution in [3.8, 4) is 5.69 Å². The van der Waals surface area contributed by atoms with E-state index in [2.05, 4.69) is 9.97 Å². The van der Waals surface area contributed by atoms with E-state index in [9.17, 15) is 4.79 Å². The highest BCUT2D eigenvalue weighted by molar-refractivity contribution is 7.99. The molecule has 0 unspecified atom stereocenters. The molecular formula is C13H15N3O2S. The molecule has 0 aliphatic rings. The molecule has 1 N–H and O–H groups in total. The third kappa shape index (κ3) is 2.78. The molecule has 0 radical (unpaired) electrons. The Morgan fingerprint density at radius 3 is 2.74 bits per heavy atom. The topological polar surface area (TPSA) is 68.0 Å². The van der Waals surface area contributed by atoms with E-state index in [0.29, 0.717) is 5.16 Å². The van der Waals surface area contributed by atoms with E-state index in [4.69, 9.17) is 5.11 Å². The first-order valence-corrected chi connectivity index (χ1v) is 6.80. The second-order valence-electron chi connectivity index (χ2n) is 4.26. The zero-order valence-electron chi connectivity index (χ0n) is 11.0. The van der Waals surface area contributed by atoms with Gasteiger partial charge in [0.05, 0.1) is 17.1 Å². The molecule has 2 aromatic heterocycles. The Bertz CT molecular complexity index is 602. The lowest BCUT2D eigenvalue weighted by molar-refractivity contribution is -0.133. The highest BCUT2D eigenvalue weighted by Gasteiger charge is 2.15. The summed E-state index contributed by atoms with van der Waals surface area (Å²) >= 11 is 1.21. The van der Waals surface area contributed by atoms with Gasteiger partial charge in [0.25, 0.3) is 0 Å². The highest BCUT2D eigenvalue weighted by atomic mass is 32.2. The molecule has 6 heteroatoms. The first-order chi connectivity index (χ1) is 9.00. The molecule has 5 nitrogen and oxygen atoms in total. The Kier molecular flexibility index (Phi) is 3.90. The lowest BCUT2D eigenvalue weighted by Crippen LogP contribution is -2.06. The van der Waals surface area contributed by atoms with Crippen LogP contribution in [0, 0.1) is 20.8 Å². The van der Waals surface area contributed by atoms with Gasteiger partial charge in [-0.15, -0.1) is 0 Å². The molecule has 0 aliphatic heterocycles. The fraction of sp³-hybridized carbons (Fsp3) is 0.308. The molecule has 100 valence electrons. The van der Waals surface area contributed by atoms with Crippen molar-refractivity contribution in [1.29, 1.82) is 0 Å². The molecule has 0 aliphatic carbocycles. The smallest absolute Gasteiger partial charge is 0.313 e. The Labute approximate surface area is 115 Å². The van der Waals surface area contributed by atoms with E-state index in [1.54, 1.807) is 12.4 Å². The van der Waals surface area contributed by atoms with Gasteiger partial charge in [-0.25, -0.2) is 4.98 Å². The van der Waals surface area contributed by atoms with Gasteiger partial charge in [-0.05, 0) is 32.4 Å². The fourth-order valence-corrected chi connectivity index (χ4v) is 2.68. The molecule has 2 aromatic rings. The Morgan fingerprint density at radius 1 is 1.37 bits per heavy atom. The summed E-state index contributed by atoms with van der Waals surface area (Å²) in [6.45, 7) is 5.90. The van der Waals surface area contributed by atoms with Crippen LogP contribution in [-0.2, 0) is 4.79 Å². The van der Waals surface area contributed by atoms with Gasteiger partial charge in [0, 0.05) is 18.1 Å². The summed E-state index contributed by atoms with van der Waals surface area (Å²) in [6, 6.07) is 1.94. The van der Waals surface area contributed by atoms with Gasteiger partial charge in [-0.1, -0.05) is 11.8 Å². The van der Waals surface area contributed by atoms with Crippen LogP contribution in [0.15, 0.2) is 23.6 Å². The van der Waals surface area contributed by atoms with Crippen molar-refractivity contribution >= 4 is 17.7 Å². The molecule has 19 heavy (non-hydrogen) atoms. The van der Waals surface area contributed by atoms with Gasteiger partial charge < -0.3 is 5.11 Å². The summed E-state index contributed by atoms with van der Waals surface area (Å²) in [5, 5.41) is 9.46. The van der Waals surface area contributed by atoms with Gasteiger partial charge in [-0.2, -0.15) is 0 Å². The van der Waals surface area contributed by atoms with E-state index in [1.165, 1.54) is 11.8 Å². The summed E-state index contributed by atoms with van der Waals surface area (Å²) < 4.78 is 1.96. The predicted octanol–water partition coefficient (Wildman–Crippen LogP) is 2.37. The number of carboxylic acid groups (broad SMARTS) is 1. The maximum atomic E-state index is 10.7. The van der Waals surface area contributed by atoms with Crippen molar-refractivity contribution in [2.24, 2.45) is 0 Å². The van der Waals surface area contributed by atoms with Crippen molar-refractivity contribution in [3.63, 3.8) is 0 Å². The number of aliphatic carboxylic acids is 1. The van der Waals surface area contributed by atoms with Crippen LogP contribution in [0.5, 0.6) is 0 Å². The molecule has 2 rings (SSSR count). The van der Waals surface area contributed by atoms with E-state index in [0.717, 1.165) is 22.6 Å². The second kappa shape index (κ2) is 5.44. The van der Waals surface area contributed by atoms with Crippen LogP contribution in [0.1, 0.15) is 17.0 Å². The molecule has 0 amide bonds. The SMILES string of the molecule is Cc1ccnc(C)c1-n1c(C)cnc1SCC(=O)O. The van der Waals surface area contributed by atoms with Crippen LogP contribution in [0.4, 0.5) is 0 Å². The number of hydrogen-bond acceptors (Lipinski definition) is 4. The van der Waals surface area contributed by atoms with E-state index >= 15 is 0 Å². The minimum atomic E-state index is -0.850. The van der Waals surface area contributed by atoms with Crippen LogP contribution >= 0.6 is 11.8 Å². The maximum absolute atomic E-state index is 10.7. The van der Waals surface area contributed by atoms with Crippen LogP contribution in [0.2, 0.25) is 0 Å². The highest BCUT2D eigenvalue weighted by Crippen LogP contribution is 2.26. The fourth-order valence-electron chi connectivity index (χ4n) is 1.94. The number of carbonyl (C=O) groups is 1. The van der Waals surface area contributed by atoms with Gasteiger partial charge in [0.15, 0.2) is 5.16 Å². The summed E-state index contributed by atoms with van der Waals surface area (Å²) in [5.74, 6) is -0.855. The number of nitrogens with zero attached hydrogens (tertiary/aromatic N) is 3. The summed E-state index contributed by atoms with van der Waals surface area (Å²) in [5.41, 5.74) is 3.93. The lowest BCUT2D eigenvalue weighted by atomic mass is 10.2. The Morgan fingerprint density at radius 2 is 2.11 bits per heavy atom. The van der Waals surface area contributed by atoms with Crippen molar-refractivity contribution in [3.05, 3.63) is 35.4 Å². The van der Waals surface area contributed by atoms with E-state index in [1.807, 2.05) is 31.4 Å². The molecule has 0 atom stereocenters. The van der Waals surface area contributed by atoms with Crippen LogP contribution in [0.25, 0.3) is 5.69 Å². The first kappa shape index (κ1) is 13.6. The second-order valence-corrected chi connectivity index (χ2v) is 5.20. The quantitative estimate of drug-likeness (QED) is 0.869. The van der Waals surface area contributed by atoms with Crippen LogP contribution < -0.4 is 0 Å². The van der Waals surface area contributed by atoms with Crippen molar-refractivity contribution < 1.29 is 9.90 Å². The zero-order chi connectivity index (χ0) is 14.0. The van der Waals surface area contributed by atoms with Gasteiger partial charge >= 0.3 is 5.97 Å². The van der Waals surface area contributed by atoms with Gasteiger partial charge in [0.2, 0.25) is 0 Å². The molecule has 0 saturated carbocycles. The molecular weight excluding hydrogens is 262 g/mol. The third-order valence-corrected chi connectivity index (χ3v) is 3.70. The van der Waals surface area contributed by atoms with Gasteiger partial charge in [-0.3, -0.25) is 14.3 Å². The minimum absolute atomic E-state index is 0.00515. The number of thioether (sulfide) groups is 1. The number of hydrogen-bond donors (Lipinski definition) is 1. The number of rotatable bonds is 4. The number of pyridine rings is 1. The van der Waals surface area contributed by atoms with Crippen molar-refractivity contribution in [2.45, 2.75) is 25.9 Å². The number of carboxylic acids is 1. The Balaban J connectivity index is 2.49. The largest absolute Gasteiger partial charge is 0.481 e. The van der Waals surface area contributed by atoms with Gasteiger partial charge in [0.1, 0.15) is 0 Å². The summed E-state index contributed by atoms with van der Waals surface area (Å²) in [4.78, 5) is 19.3. The average molecular weight is 277 g/mol. The molecule has 0 bridgehead atoms. The minimum Gasteiger partial charge on any atom is -0.481 e. The van der Waals surface area contributed by atoms with Crippen molar-refractivity contribution in [1.82, 2.24) is 14.5 Å². The monoisotopic (exact) mass is 277 g/mol. The molecule has 0 fully saturated rings. The Hall–Kier alpha value is -1.82. The zero-order valence-corrected chi connectivity index (χ0v) is 11.9. The number of aromatic nitrogens is 3. The molecule has 0 saturated heterocycles. The lowest BCUT2D eigenvalue weighted by Gasteiger charge is -2.14. The van der Waals surface area contributed by atoms with Crippen molar-refractivity contribution in [2.75, 3.05) is 5.75 Å².